The predicted molar refractivity (Wildman–Crippen MR) is 67.3 cm³/mol. The van der Waals surface area contributed by atoms with E-state index in [-0.39, 0.29) is 0 Å². The van der Waals surface area contributed by atoms with Crippen LogP contribution in [0.5, 0.6) is 5.75 Å². The third kappa shape index (κ3) is 2.17. The van der Waals surface area contributed by atoms with Gasteiger partial charge < -0.3 is 9.59 Å². The highest BCUT2D eigenvalue weighted by Gasteiger charge is 2.14. The zero-order chi connectivity index (χ0) is 11.8. The van der Waals surface area contributed by atoms with Gasteiger partial charge in [0.25, 0.3) is 0 Å². The van der Waals surface area contributed by atoms with Crippen molar-refractivity contribution < 1.29 is 9.59 Å². The molecule has 0 heterocycles. The summed E-state index contributed by atoms with van der Waals surface area (Å²) in [6.45, 7) is 0.827. The monoisotopic (exact) mass is 216 g/mol. The van der Waals surface area contributed by atoms with Crippen molar-refractivity contribution in [2.75, 3.05) is 21.1 Å². The van der Waals surface area contributed by atoms with Crippen LogP contribution < -0.4 is 0 Å². The van der Waals surface area contributed by atoms with Gasteiger partial charge in [0, 0.05) is 0 Å². The second kappa shape index (κ2) is 3.80. The first kappa shape index (κ1) is 11.0. The first-order valence-corrected chi connectivity index (χ1v) is 5.47. The van der Waals surface area contributed by atoms with Gasteiger partial charge in [-0.1, -0.05) is 30.3 Å². The summed E-state index contributed by atoms with van der Waals surface area (Å²) in [6, 6.07) is 11.9. The zero-order valence-electron chi connectivity index (χ0n) is 10.1. The van der Waals surface area contributed by atoms with E-state index in [0.717, 1.165) is 22.0 Å². The third-order valence-electron chi connectivity index (χ3n) is 2.65. The van der Waals surface area contributed by atoms with Gasteiger partial charge in [-0.2, -0.15) is 0 Å². The van der Waals surface area contributed by atoms with Crippen molar-refractivity contribution in [3.63, 3.8) is 0 Å². The molecule has 0 aromatic heterocycles. The highest BCUT2D eigenvalue weighted by Crippen LogP contribution is 2.28. The van der Waals surface area contributed by atoms with E-state index in [1.807, 2.05) is 18.2 Å². The largest absolute Gasteiger partial charge is 0.507 e. The van der Waals surface area contributed by atoms with Crippen LogP contribution in [0.4, 0.5) is 0 Å². The molecule has 16 heavy (non-hydrogen) atoms. The number of hydrogen-bond donors (Lipinski definition) is 1. The number of nitrogens with zero attached hydrogens (tertiary/aromatic N) is 1. The maximum absolute atomic E-state index is 9.96. The molecule has 2 nitrogen and oxygen atoms in total. The zero-order valence-corrected chi connectivity index (χ0v) is 10.1. The molecule has 0 unspecified atom stereocenters. The SMILES string of the molecule is C[N+](C)(C)Cc1c(O)ccc2ccccc12. The van der Waals surface area contributed by atoms with Crippen LogP contribution in [0, 0.1) is 0 Å². The molecule has 0 atom stereocenters. The van der Waals surface area contributed by atoms with E-state index >= 15 is 0 Å². The Labute approximate surface area is 96.3 Å². The number of quaternary nitrogens is 1. The lowest BCUT2D eigenvalue weighted by Crippen LogP contribution is -2.33. The summed E-state index contributed by atoms with van der Waals surface area (Å²) in [5, 5.41) is 12.3. The lowest BCUT2D eigenvalue weighted by Gasteiger charge is -2.25. The molecule has 0 saturated carbocycles. The lowest BCUT2D eigenvalue weighted by atomic mass is 10.0. The third-order valence-corrected chi connectivity index (χ3v) is 2.65. The minimum Gasteiger partial charge on any atom is -0.507 e. The molecular weight excluding hydrogens is 198 g/mol. The van der Waals surface area contributed by atoms with Gasteiger partial charge in [-0.25, -0.2) is 0 Å². The van der Waals surface area contributed by atoms with Gasteiger partial charge in [-0.3, -0.25) is 0 Å². The Bertz CT molecular complexity index is 512. The fourth-order valence-corrected chi connectivity index (χ4v) is 1.96. The Morgan fingerprint density at radius 1 is 1.00 bits per heavy atom. The smallest absolute Gasteiger partial charge is 0.125 e. The lowest BCUT2D eigenvalue weighted by molar-refractivity contribution is -0.883. The maximum atomic E-state index is 9.96. The molecule has 84 valence electrons. The Morgan fingerprint density at radius 2 is 1.69 bits per heavy atom. The van der Waals surface area contributed by atoms with Gasteiger partial charge in [-0.05, 0) is 16.8 Å². The van der Waals surface area contributed by atoms with E-state index in [1.54, 1.807) is 6.07 Å². The molecule has 0 aliphatic carbocycles. The van der Waals surface area contributed by atoms with Gasteiger partial charge in [0.1, 0.15) is 12.3 Å². The first-order valence-electron chi connectivity index (χ1n) is 5.47. The normalized spacial score (nSPS) is 11.9. The summed E-state index contributed by atoms with van der Waals surface area (Å²) in [5.41, 5.74) is 1.03. The summed E-state index contributed by atoms with van der Waals surface area (Å²) in [7, 11) is 6.38. The molecule has 0 bridgehead atoms. The first-order chi connectivity index (χ1) is 7.47. The molecule has 2 aromatic rings. The summed E-state index contributed by atoms with van der Waals surface area (Å²) >= 11 is 0. The maximum Gasteiger partial charge on any atom is 0.125 e. The Kier molecular flexibility index (Phi) is 2.60. The molecule has 2 heteroatoms. The molecule has 2 aromatic carbocycles. The van der Waals surface area contributed by atoms with E-state index < -0.39 is 0 Å². The standard InChI is InChI=1S/C14H17NO/c1-15(2,3)10-13-12-7-5-4-6-11(12)8-9-14(13)16/h4-9H,10H2,1-3H3/p+1. The van der Waals surface area contributed by atoms with Crippen molar-refractivity contribution in [2.24, 2.45) is 0 Å². The molecule has 0 aliphatic rings. The number of rotatable bonds is 2. The highest BCUT2D eigenvalue weighted by molar-refractivity contribution is 5.87. The molecule has 2 rings (SSSR count). The van der Waals surface area contributed by atoms with Gasteiger partial charge in [0.2, 0.25) is 0 Å². The molecule has 0 amide bonds. The molecule has 0 aliphatic heterocycles. The molecule has 1 N–H and O–H groups in total. The number of aromatic hydroxyl groups is 1. The minimum absolute atomic E-state index is 0.395. The van der Waals surface area contributed by atoms with E-state index in [1.165, 1.54) is 5.39 Å². The topological polar surface area (TPSA) is 20.2 Å². The summed E-state index contributed by atoms with van der Waals surface area (Å²) < 4.78 is 0.807. The summed E-state index contributed by atoms with van der Waals surface area (Å²) in [6.07, 6.45) is 0. The van der Waals surface area contributed by atoms with Crippen molar-refractivity contribution in [3.05, 3.63) is 42.0 Å². The quantitative estimate of drug-likeness (QED) is 0.765. The fraction of sp³-hybridized carbons (Fsp3) is 0.286. The fourth-order valence-electron chi connectivity index (χ4n) is 1.96. The number of phenolic OH excluding ortho intramolecular Hbond substituents is 1. The van der Waals surface area contributed by atoms with E-state index in [9.17, 15) is 5.11 Å². The molecule has 0 spiro atoms. The van der Waals surface area contributed by atoms with Crippen LogP contribution in [-0.2, 0) is 6.54 Å². The van der Waals surface area contributed by atoms with Crippen molar-refractivity contribution in [3.8, 4) is 5.75 Å². The molecule has 0 fully saturated rings. The second-order valence-electron chi connectivity index (χ2n) is 5.23. The van der Waals surface area contributed by atoms with Crippen molar-refractivity contribution in [2.45, 2.75) is 6.54 Å². The van der Waals surface area contributed by atoms with Crippen LogP contribution in [-0.4, -0.2) is 30.7 Å². The van der Waals surface area contributed by atoms with Crippen LogP contribution in [0.3, 0.4) is 0 Å². The number of hydrogen-bond acceptors (Lipinski definition) is 1. The Hall–Kier alpha value is -1.54. The Balaban J connectivity index is 2.62. The van der Waals surface area contributed by atoms with Crippen LogP contribution in [0.25, 0.3) is 10.8 Å². The number of fused-ring (bicyclic) bond motifs is 1. The molecule has 0 radical (unpaired) electrons. The minimum atomic E-state index is 0.395. The van der Waals surface area contributed by atoms with Crippen LogP contribution >= 0.6 is 0 Å². The van der Waals surface area contributed by atoms with E-state index in [0.29, 0.717) is 5.75 Å². The summed E-state index contributed by atoms with van der Waals surface area (Å²) in [5.74, 6) is 0.395. The van der Waals surface area contributed by atoms with Crippen molar-refractivity contribution in [1.29, 1.82) is 0 Å². The number of benzene rings is 2. The second-order valence-corrected chi connectivity index (χ2v) is 5.23. The van der Waals surface area contributed by atoms with Gasteiger partial charge in [-0.15, -0.1) is 0 Å². The average molecular weight is 216 g/mol. The van der Waals surface area contributed by atoms with E-state index in [2.05, 4.69) is 33.3 Å². The van der Waals surface area contributed by atoms with Crippen molar-refractivity contribution in [1.82, 2.24) is 0 Å². The van der Waals surface area contributed by atoms with Gasteiger partial charge in [0.15, 0.2) is 0 Å². The Morgan fingerprint density at radius 3 is 2.38 bits per heavy atom. The van der Waals surface area contributed by atoms with Gasteiger partial charge in [0.05, 0.1) is 26.7 Å². The molecular formula is C14H18NO+. The van der Waals surface area contributed by atoms with Crippen LogP contribution in [0.15, 0.2) is 36.4 Å². The summed E-state index contributed by atoms with van der Waals surface area (Å²) in [4.78, 5) is 0. The van der Waals surface area contributed by atoms with E-state index in [4.69, 9.17) is 0 Å². The average Bonchev–Trinajstić information content (AvgIpc) is 2.21. The van der Waals surface area contributed by atoms with Crippen LogP contribution in [0.1, 0.15) is 5.56 Å². The van der Waals surface area contributed by atoms with Crippen LogP contribution in [0.2, 0.25) is 0 Å². The highest BCUT2D eigenvalue weighted by atomic mass is 16.3. The van der Waals surface area contributed by atoms with Crippen molar-refractivity contribution >= 4 is 10.8 Å². The molecule has 0 saturated heterocycles. The van der Waals surface area contributed by atoms with Gasteiger partial charge >= 0.3 is 0 Å². The number of phenols is 1. The predicted octanol–water partition coefficient (Wildman–Crippen LogP) is 2.75.